The summed E-state index contributed by atoms with van der Waals surface area (Å²) in [7, 11) is 0.750. The Labute approximate surface area is 183 Å². The van der Waals surface area contributed by atoms with Crippen LogP contribution in [0, 0.1) is 36.5 Å². The van der Waals surface area contributed by atoms with E-state index in [-0.39, 0.29) is 51.0 Å². The van der Waals surface area contributed by atoms with Crippen molar-refractivity contribution in [3.63, 3.8) is 0 Å². The average molecular weight is 462 g/mol. The Bertz CT molecular complexity index is 344. The molecule has 2 saturated carbocycles. The zero-order chi connectivity index (χ0) is 14.9. The first-order valence-electron chi connectivity index (χ1n) is 8.45. The van der Waals surface area contributed by atoms with Crippen LogP contribution in [0.15, 0.2) is 48.6 Å². The summed E-state index contributed by atoms with van der Waals surface area (Å²) in [6.45, 7) is 4.42. The average Bonchev–Trinajstić information content (AvgIpc) is 3.17. The first-order valence-corrected chi connectivity index (χ1v) is 10.8. The predicted molar refractivity (Wildman–Crippen MR) is 111 cm³/mol. The molecular formula is C20H31Cl2SiZr. The van der Waals surface area contributed by atoms with Crippen molar-refractivity contribution in [3.05, 3.63) is 61.4 Å². The molecule has 24 heavy (non-hydrogen) atoms. The van der Waals surface area contributed by atoms with Crippen LogP contribution in [0.1, 0.15) is 25.7 Å². The Balaban J connectivity index is 0. The normalized spacial score (nSPS) is 30.1. The van der Waals surface area contributed by atoms with Crippen molar-refractivity contribution in [1.82, 2.24) is 0 Å². The fraction of sp³-hybridized carbons (Fsp3) is 0.500. The van der Waals surface area contributed by atoms with Crippen LogP contribution in [0.3, 0.4) is 0 Å². The van der Waals surface area contributed by atoms with Crippen molar-refractivity contribution in [1.29, 1.82) is 0 Å². The smallest absolute Gasteiger partial charge is 0.321 e. The van der Waals surface area contributed by atoms with E-state index in [0.29, 0.717) is 0 Å². The molecule has 0 aromatic heterocycles. The summed E-state index contributed by atoms with van der Waals surface area (Å²) < 4.78 is 0. The fourth-order valence-electron chi connectivity index (χ4n) is 3.39. The molecule has 4 aliphatic rings. The summed E-state index contributed by atoms with van der Waals surface area (Å²) >= 11 is 0. The number of rotatable bonds is 0. The van der Waals surface area contributed by atoms with Gasteiger partial charge in [0, 0.05) is 9.52 Å². The van der Waals surface area contributed by atoms with Gasteiger partial charge in [-0.1, -0.05) is 62.4 Å². The Morgan fingerprint density at radius 2 is 1.04 bits per heavy atom. The molecule has 0 bridgehead atoms. The van der Waals surface area contributed by atoms with Crippen molar-refractivity contribution in [2.45, 2.75) is 38.8 Å². The van der Waals surface area contributed by atoms with Gasteiger partial charge >= 0.3 is 26.2 Å². The molecule has 0 saturated heterocycles. The van der Waals surface area contributed by atoms with Gasteiger partial charge in [0.25, 0.3) is 0 Å². The van der Waals surface area contributed by atoms with Gasteiger partial charge in [0.1, 0.15) is 0 Å². The standard InChI is InChI=1S/2C9H11.C2H7Si.2ClH.Zr/c2*1-2-5-9-7-3-6-8(9)4-1;1-3-2;;;/h2*1-2,4-6,8-9H,3,7H2;3H,1-2H3;2*1H;/q2*-1;;;;+2. The predicted octanol–water partition coefficient (Wildman–Crippen LogP) is 6.05. The number of hydrogen-bond donors (Lipinski definition) is 0. The summed E-state index contributed by atoms with van der Waals surface area (Å²) in [6.07, 6.45) is 28.1. The van der Waals surface area contributed by atoms with Crippen LogP contribution in [0.25, 0.3) is 0 Å². The van der Waals surface area contributed by atoms with Crippen LogP contribution >= 0.6 is 24.8 Å². The summed E-state index contributed by atoms with van der Waals surface area (Å²) in [6, 6.07) is 0. The van der Waals surface area contributed by atoms with Crippen LogP contribution in [0.5, 0.6) is 0 Å². The Hall–Kier alpha value is 0.640. The quantitative estimate of drug-likeness (QED) is 0.304. The molecule has 133 valence electrons. The van der Waals surface area contributed by atoms with E-state index in [1.807, 2.05) is 0 Å². The van der Waals surface area contributed by atoms with E-state index in [1.54, 1.807) is 0 Å². The van der Waals surface area contributed by atoms with Crippen molar-refractivity contribution >= 4 is 34.3 Å². The van der Waals surface area contributed by atoms with E-state index in [1.165, 1.54) is 25.7 Å². The first kappa shape index (κ1) is 26.9. The second-order valence-electron chi connectivity index (χ2n) is 6.23. The van der Waals surface area contributed by atoms with Gasteiger partial charge in [-0.05, 0) is 11.8 Å². The molecule has 0 amide bonds. The van der Waals surface area contributed by atoms with Gasteiger partial charge in [-0.3, -0.25) is 0 Å². The number of hydrogen-bond acceptors (Lipinski definition) is 0. The summed E-state index contributed by atoms with van der Waals surface area (Å²) in [5.74, 6) is 3.23. The monoisotopic (exact) mass is 459 g/mol. The molecule has 4 atom stereocenters. The van der Waals surface area contributed by atoms with Gasteiger partial charge in [-0.15, -0.1) is 48.8 Å². The third-order valence-corrected chi connectivity index (χ3v) is 4.47. The van der Waals surface area contributed by atoms with E-state index < -0.39 is 0 Å². The molecule has 2 fully saturated rings. The van der Waals surface area contributed by atoms with Gasteiger partial charge < -0.3 is 12.8 Å². The minimum atomic E-state index is 0. The maximum absolute atomic E-state index is 2.42. The molecule has 0 spiro atoms. The molecule has 0 aliphatic heterocycles. The Morgan fingerprint density at radius 3 is 1.38 bits per heavy atom. The van der Waals surface area contributed by atoms with E-state index in [2.05, 4.69) is 74.5 Å². The Kier molecular flexibility index (Phi) is 17.8. The summed E-state index contributed by atoms with van der Waals surface area (Å²) in [5, 5.41) is 0. The number of halogens is 2. The van der Waals surface area contributed by atoms with Crippen LogP contribution in [0.4, 0.5) is 0 Å². The molecule has 4 unspecified atom stereocenters. The van der Waals surface area contributed by atoms with Crippen molar-refractivity contribution in [3.8, 4) is 0 Å². The molecule has 0 aromatic rings. The fourth-order valence-corrected chi connectivity index (χ4v) is 3.39. The zero-order valence-electron chi connectivity index (χ0n) is 14.8. The minimum absolute atomic E-state index is 0. The molecule has 1 radical (unpaired) electrons. The number of allylic oxidation sites excluding steroid dienone is 8. The van der Waals surface area contributed by atoms with Crippen molar-refractivity contribution in [2.75, 3.05) is 0 Å². The molecule has 4 heteroatoms. The Morgan fingerprint density at radius 1 is 0.708 bits per heavy atom. The van der Waals surface area contributed by atoms with E-state index >= 15 is 0 Å². The molecule has 4 aliphatic carbocycles. The van der Waals surface area contributed by atoms with Gasteiger partial charge in [-0.25, -0.2) is 0 Å². The number of fused-ring (bicyclic) bond motifs is 2. The van der Waals surface area contributed by atoms with Gasteiger partial charge in [-0.2, -0.15) is 12.8 Å². The maximum Gasteiger partial charge on any atom is 2.00 e. The second-order valence-corrected chi connectivity index (χ2v) is 7.38. The van der Waals surface area contributed by atoms with E-state index in [4.69, 9.17) is 0 Å². The molecule has 0 aromatic carbocycles. The summed E-state index contributed by atoms with van der Waals surface area (Å²) in [4.78, 5) is 0. The van der Waals surface area contributed by atoms with Crippen LogP contribution in [-0.2, 0) is 26.2 Å². The molecular weight excluding hydrogens is 430 g/mol. The van der Waals surface area contributed by atoms with Crippen molar-refractivity contribution < 1.29 is 26.2 Å². The maximum atomic E-state index is 2.42. The zero-order valence-corrected chi connectivity index (χ0v) is 20.1. The van der Waals surface area contributed by atoms with Gasteiger partial charge in [0.05, 0.1) is 0 Å². The topological polar surface area (TPSA) is 0 Å². The third kappa shape index (κ3) is 8.84. The largest absolute Gasteiger partial charge is 2.00 e. The van der Waals surface area contributed by atoms with Crippen LogP contribution < -0.4 is 0 Å². The van der Waals surface area contributed by atoms with Gasteiger partial charge in [0.2, 0.25) is 0 Å². The SMILES string of the molecule is C1=CC2[CH-]CCC2C=C1.C1=CC2[CH-]CCC2C=C1.C[SiH]C.Cl.Cl.[Zr+2]. The first-order chi connectivity index (χ1) is 10.3. The van der Waals surface area contributed by atoms with Gasteiger partial charge in [0.15, 0.2) is 0 Å². The minimum Gasteiger partial charge on any atom is -0.321 e. The molecule has 0 N–H and O–H groups in total. The van der Waals surface area contributed by atoms with Crippen molar-refractivity contribution in [2.24, 2.45) is 23.7 Å². The van der Waals surface area contributed by atoms with Crippen LogP contribution in [-0.4, -0.2) is 9.52 Å². The molecule has 0 nitrogen and oxygen atoms in total. The van der Waals surface area contributed by atoms with E-state index in [0.717, 1.165) is 33.2 Å². The summed E-state index contributed by atoms with van der Waals surface area (Å²) in [5.41, 5.74) is 0. The molecule has 4 rings (SSSR count). The van der Waals surface area contributed by atoms with Crippen LogP contribution in [0.2, 0.25) is 13.1 Å². The second kappa shape index (κ2) is 15.9. The van der Waals surface area contributed by atoms with E-state index in [9.17, 15) is 0 Å². The molecule has 0 heterocycles. The third-order valence-electron chi connectivity index (χ3n) is 4.47.